The van der Waals surface area contributed by atoms with Gasteiger partial charge in [0.1, 0.15) is 0 Å². The zero-order chi connectivity index (χ0) is 15.4. The number of unbranched alkanes of at least 4 members (excludes halogenated alkanes) is 8. The molecule has 0 aromatic rings. The summed E-state index contributed by atoms with van der Waals surface area (Å²) in [5, 5.41) is 18.4. The maximum atomic E-state index is 9.18. The zero-order valence-electron chi connectivity index (χ0n) is 14.3. The minimum Gasteiger partial charge on any atom is -0.368 e. The summed E-state index contributed by atoms with van der Waals surface area (Å²) in [7, 11) is 6.42. The van der Waals surface area contributed by atoms with Crippen LogP contribution in [0.4, 0.5) is 0 Å². The van der Waals surface area contributed by atoms with Crippen LogP contribution in [-0.2, 0) is 0 Å². The van der Waals surface area contributed by atoms with Gasteiger partial charge >= 0.3 is 0 Å². The Morgan fingerprint density at radius 2 is 1.20 bits per heavy atom. The second-order valence-electron chi connectivity index (χ2n) is 7.10. The standard InChI is InChI=1S/C17H38NO2/c1-5-6-7-8-9-10-11-12-13-14-16(15-17(19)20)18(2,3)4/h16-17,19-20H,5-15H2,1-4H3/q+1. The van der Waals surface area contributed by atoms with Crippen LogP contribution in [0.1, 0.15) is 77.6 Å². The molecule has 0 heterocycles. The Hall–Kier alpha value is -0.120. The molecule has 0 aliphatic heterocycles. The third kappa shape index (κ3) is 11.7. The monoisotopic (exact) mass is 288 g/mol. The van der Waals surface area contributed by atoms with Crippen molar-refractivity contribution in [1.82, 2.24) is 0 Å². The smallest absolute Gasteiger partial charge is 0.157 e. The lowest BCUT2D eigenvalue weighted by Gasteiger charge is -2.34. The van der Waals surface area contributed by atoms with E-state index in [1.165, 1.54) is 57.8 Å². The second-order valence-corrected chi connectivity index (χ2v) is 7.10. The van der Waals surface area contributed by atoms with Crippen LogP contribution in [0.2, 0.25) is 0 Å². The first-order valence-corrected chi connectivity index (χ1v) is 8.55. The lowest BCUT2D eigenvalue weighted by molar-refractivity contribution is -0.897. The molecule has 0 aliphatic carbocycles. The van der Waals surface area contributed by atoms with E-state index >= 15 is 0 Å². The Kier molecular flexibility index (Phi) is 11.5. The molecule has 0 rings (SSSR count). The summed E-state index contributed by atoms with van der Waals surface area (Å²) in [6.45, 7) is 2.26. The largest absolute Gasteiger partial charge is 0.368 e. The average Bonchev–Trinajstić information content (AvgIpc) is 2.33. The fraction of sp³-hybridized carbons (Fsp3) is 1.00. The van der Waals surface area contributed by atoms with Crippen molar-refractivity contribution in [2.75, 3.05) is 21.1 Å². The van der Waals surface area contributed by atoms with Crippen LogP contribution in [0.5, 0.6) is 0 Å². The lowest BCUT2D eigenvalue weighted by atomic mass is 10.0. The highest BCUT2D eigenvalue weighted by Gasteiger charge is 2.25. The van der Waals surface area contributed by atoms with E-state index in [0.29, 0.717) is 12.5 Å². The van der Waals surface area contributed by atoms with Crippen molar-refractivity contribution in [3.8, 4) is 0 Å². The molecule has 3 heteroatoms. The van der Waals surface area contributed by atoms with Crippen LogP contribution in [0.25, 0.3) is 0 Å². The molecule has 1 unspecified atom stereocenters. The molecule has 3 nitrogen and oxygen atoms in total. The van der Waals surface area contributed by atoms with Gasteiger partial charge in [0.15, 0.2) is 6.29 Å². The average molecular weight is 288 g/mol. The quantitative estimate of drug-likeness (QED) is 0.308. The third-order valence-electron chi connectivity index (χ3n) is 4.22. The predicted molar refractivity (Wildman–Crippen MR) is 86.5 cm³/mol. The summed E-state index contributed by atoms with van der Waals surface area (Å²) in [6.07, 6.45) is 12.5. The van der Waals surface area contributed by atoms with Crippen LogP contribution in [0.3, 0.4) is 0 Å². The van der Waals surface area contributed by atoms with E-state index in [1.807, 2.05) is 0 Å². The Bertz CT molecular complexity index is 212. The van der Waals surface area contributed by atoms with Gasteiger partial charge in [-0.25, -0.2) is 0 Å². The molecule has 20 heavy (non-hydrogen) atoms. The molecular formula is C17H38NO2+. The molecule has 0 radical (unpaired) electrons. The molecule has 0 aromatic carbocycles. The molecule has 0 aliphatic rings. The third-order valence-corrected chi connectivity index (χ3v) is 4.22. The van der Waals surface area contributed by atoms with E-state index < -0.39 is 6.29 Å². The molecule has 0 aromatic heterocycles. The summed E-state index contributed by atoms with van der Waals surface area (Å²) < 4.78 is 0.814. The number of nitrogens with zero attached hydrogens (tertiary/aromatic N) is 1. The highest BCUT2D eigenvalue weighted by Crippen LogP contribution is 2.18. The molecule has 122 valence electrons. The first-order chi connectivity index (χ1) is 9.38. The van der Waals surface area contributed by atoms with E-state index in [0.717, 1.165) is 10.9 Å². The zero-order valence-corrected chi connectivity index (χ0v) is 14.3. The van der Waals surface area contributed by atoms with Crippen LogP contribution in [0, 0.1) is 0 Å². The van der Waals surface area contributed by atoms with Gasteiger partial charge in [0, 0.05) is 0 Å². The highest BCUT2D eigenvalue weighted by molar-refractivity contribution is 4.60. The Balaban J connectivity index is 3.59. The van der Waals surface area contributed by atoms with Crippen molar-refractivity contribution in [3.05, 3.63) is 0 Å². The molecular weight excluding hydrogens is 250 g/mol. The molecule has 2 N–H and O–H groups in total. The van der Waals surface area contributed by atoms with Crippen molar-refractivity contribution in [1.29, 1.82) is 0 Å². The molecule has 0 saturated heterocycles. The molecule has 0 amide bonds. The van der Waals surface area contributed by atoms with Gasteiger partial charge in [0.2, 0.25) is 0 Å². The Morgan fingerprint density at radius 3 is 1.60 bits per heavy atom. The predicted octanol–water partition coefficient (Wildman–Crippen LogP) is 3.68. The molecule has 0 bridgehead atoms. The van der Waals surface area contributed by atoms with Gasteiger partial charge in [-0.3, -0.25) is 0 Å². The van der Waals surface area contributed by atoms with Crippen molar-refractivity contribution < 1.29 is 14.7 Å². The minimum atomic E-state index is -1.17. The van der Waals surface area contributed by atoms with Crippen molar-refractivity contribution in [2.24, 2.45) is 0 Å². The second kappa shape index (κ2) is 11.5. The summed E-state index contributed by atoms with van der Waals surface area (Å²) in [5.74, 6) is 0. The minimum absolute atomic E-state index is 0.347. The number of aliphatic hydroxyl groups is 2. The van der Waals surface area contributed by atoms with E-state index in [-0.39, 0.29) is 0 Å². The summed E-state index contributed by atoms with van der Waals surface area (Å²) in [5.41, 5.74) is 0. The Morgan fingerprint density at radius 1 is 0.750 bits per heavy atom. The van der Waals surface area contributed by atoms with Gasteiger partial charge in [-0.1, -0.05) is 58.3 Å². The van der Waals surface area contributed by atoms with E-state index in [9.17, 15) is 10.2 Å². The topological polar surface area (TPSA) is 40.5 Å². The van der Waals surface area contributed by atoms with Gasteiger partial charge in [-0.05, 0) is 12.8 Å². The maximum Gasteiger partial charge on any atom is 0.157 e. The van der Waals surface area contributed by atoms with Crippen molar-refractivity contribution in [3.63, 3.8) is 0 Å². The van der Waals surface area contributed by atoms with Crippen LogP contribution in [-0.4, -0.2) is 48.2 Å². The maximum absolute atomic E-state index is 9.18. The molecule has 1 atom stereocenters. The summed E-state index contributed by atoms with van der Waals surface area (Å²) in [6, 6.07) is 0.347. The van der Waals surface area contributed by atoms with E-state index in [1.54, 1.807) is 0 Å². The van der Waals surface area contributed by atoms with Gasteiger partial charge in [-0.15, -0.1) is 0 Å². The Labute approximate surface area is 126 Å². The number of aliphatic hydroxyl groups excluding tert-OH is 1. The first-order valence-electron chi connectivity index (χ1n) is 8.55. The van der Waals surface area contributed by atoms with E-state index in [2.05, 4.69) is 28.1 Å². The number of hydrogen-bond acceptors (Lipinski definition) is 2. The lowest BCUT2D eigenvalue weighted by Crippen LogP contribution is -2.46. The normalized spacial score (nSPS) is 13.9. The fourth-order valence-electron chi connectivity index (χ4n) is 2.76. The molecule has 0 saturated carbocycles. The fourth-order valence-corrected chi connectivity index (χ4v) is 2.76. The van der Waals surface area contributed by atoms with Crippen LogP contribution < -0.4 is 0 Å². The van der Waals surface area contributed by atoms with Crippen LogP contribution in [0.15, 0.2) is 0 Å². The van der Waals surface area contributed by atoms with Crippen molar-refractivity contribution in [2.45, 2.75) is 89.9 Å². The van der Waals surface area contributed by atoms with Crippen molar-refractivity contribution >= 4 is 0 Å². The number of hydrogen-bond donors (Lipinski definition) is 2. The van der Waals surface area contributed by atoms with Crippen LogP contribution >= 0.6 is 0 Å². The summed E-state index contributed by atoms with van der Waals surface area (Å²) >= 11 is 0. The number of rotatable bonds is 13. The molecule has 0 spiro atoms. The first kappa shape index (κ1) is 19.9. The van der Waals surface area contributed by atoms with Gasteiger partial charge < -0.3 is 14.7 Å². The van der Waals surface area contributed by atoms with E-state index in [4.69, 9.17) is 0 Å². The molecule has 0 fully saturated rings. The van der Waals surface area contributed by atoms with Gasteiger partial charge in [-0.2, -0.15) is 0 Å². The summed E-state index contributed by atoms with van der Waals surface area (Å²) in [4.78, 5) is 0. The van der Waals surface area contributed by atoms with Gasteiger partial charge in [0.05, 0.1) is 33.6 Å². The number of quaternary nitrogens is 1. The SMILES string of the molecule is CCCCCCCCCCCC(CC(O)O)[N+](C)(C)C. The highest BCUT2D eigenvalue weighted by atomic mass is 16.5. The van der Waals surface area contributed by atoms with Gasteiger partial charge in [0.25, 0.3) is 0 Å².